The molecule has 32 heavy (non-hydrogen) atoms. The second-order valence-corrected chi connectivity index (χ2v) is 8.51. The third-order valence-corrected chi connectivity index (χ3v) is 6.11. The number of fused-ring (bicyclic) bond motifs is 3. The molecular weight excluding hydrogens is 451 g/mol. The van der Waals surface area contributed by atoms with Crippen LogP contribution in [0.2, 0.25) is 5.02 Å². The Morgan fingerprint density at radius 1 is 1.12 bits per heavy atom. The fraction of sp³-hybridized carbons (Fsp3) is 0.0909. The standard InChI is InChI=1S/C22H16ClFN6OS/c1-13-2-7-17(16(23)10-13)25-20(31)12-32-22-27-26-21-19-11-18(14-3-5-15(24)6-4-14)28-30(19)9-8-29(21)22/h2-11H,12H2,1H3,(H,25,31). The van der Waals surface area contributed by atoms with Crippen LogP contribution >= 0.6 is 23.4 Å². The number of aromatic nitrogens is 5. The van der Waals surface area contributed by atoms with Crippen molar-refractivity contribution < 1.29 is 9.18 Å². The maximum Gasteiger partial charge on any atom is 0.234 e. The first-order valence-electron chi connectivity index (χ1n) is 9.66. The van der Waals surface area contributed by atoms with Crippen LogP contribution in [0.25, 0.3) is 22.4 Å². The fourth-order valence-electron chi connectivity index (χ4n) is 3.29. The second kappa shape index (κ2) is 8.25. The van der Waals surface area contributed by atoms with Crippen molar-refractivity contribution in [1.82, 2.24) is 24.2 Å². The van der Waals surface area contributed by atoms with E-state index in [1.165, 1.54) is 23.9 Å². The topological polar surface area (TPSA) is 76.6 Å². The van der Waals surface area contributed by atoms with Crippen LogP contribution in [0.3, 0.4) is 0 Å². The average Bonchev–Trinajstić information content (AvgIpc) is 3.38. The van der Waals surface area contributed by atoms with Gasteiger partial charge in [-0.25, -0.2) is 8.91 Å². The molecule has 0 aliphatic carbocycles. The number of anilines is 1. The van der Waals surface area contributed by atoms with Crippen LogP contribution in [-0.2, 0) is 4.79 Å². The lowest BCUT2D eigenvalue weighted by atomic mass is 10.1. The summed E-state index contributed by atoms with van der Waals surface area (Å²) in [6, 6.07) is 13.5. The van der Waals surface area contributed by atoms with Crippen LogP contribution in [0.5, 0.6) is 0 Å². The lowest BCUT2D eigenvalue weighted by Gasteiger charge is -2.07. The van der Waals surface area contributed by atoms with Crippen molar-refractivity contribution >= 4 is 46.1 Å². The molecule has 0 atom stereocenters. The van der Waals surface area contributed by atoms with Gasteiger partial charge in [0.05, 0.1) is 22.2 Å². The third kappa shape index (κ3) is 3.92. The summed E-state index contributed by atoms with van der Waals surface area (Å²) in [4.78, 5) is 12.4. The molecule has 0 unspecified atom stereocenters. The van der Waals surface area contributed by atoms with Crippen molar-refractivity contribution in [3.8, 4) is 11.3 Å². The van der Waals surface area contributed by atoms with E-state index >= 15 is 0 Å². The molecule has 1 amide bonds. The predicted octanol–water partition coefficient (Wildman–Crippen LogP) is 4.88. The maximum atomic E-state index is 13.2. The quantitative estimate of drug-likeness (QED) is 0.374. The molecule has 160 valence electrons. The summed E-state index contributed by atoms with van der Waals surface area (Å²) in [5.74, 6) is -0.342. The van der Waals surface area contributed by atoms with Gasteiger partial charge >= 0.3 is 0 Å². The largest absolute Gasteiger partial charge is 0.324 e. The number of nitrogens with zero attached hydrogens (tertiary/aromatic N) is 5. The van der Waals surface area contributed by atoms with Crippen molar-refractivity contribution in [2.75, 3.05) is 11.1 Å². The van der Waals surface area contributed by atoms with Crippen molar-refractivity contribution in [2.24, 2.45) is 0 Å². The van der Waals surface area contributed by atoms with Gasteiger partial charge in [-0.3, -0.25) is 9.20 Å². The summed E-state index contributed by atoms with van der Waals surface area (Å²) >= 11 is 7.46. The van der Waals surface area contributed by atoms with Gasteiger partial charge in [0.15, 0.2) is 10.8 Å². The first-order chi connectivity index (χ1) is 15.5. The highest BCUT2D eigenvalue weighted by Crippen LogP contribution is 2.26. The van der Waals surface area contributed by atoms with E-state index in [1.807, 2.05) is 23.5 Å². The number of rotatable bonds is 5. The van der Waals surface area contributed by atoms with Gasteiger partial charge in [0, 0.05) is 18.0 Å². The molecule has 0 saturated carbocycles. The summed E-state index contributed by atoms with van der Waals surface area (Å²) in [5.41, 5.74) is 4.45. The van der Waals surface area contributed by atoms with Crippen LogP contribution in [0.4, 0.5) is 10.1 Å². The number of carbonyl (C=O) groups excluding carboxylic acids is 1. The van der Waals surface area contributed by atoms with Gasteiger partial charge in [-0.15, -0.1) is 10.2 Å². The van der Waals surface area contributed by atoms with Gasteiger partial charge in [-0.05, 0) is 55.0 Å². The van der Waals surface area contributed by atoms with E-state index in [0.717, 1.165) is 16.6 Å². The molecule has 1 N–H and O–H groups in total. The van der Waals surface area contributed by atoms with Gasteiger partial charge in [0.2, 0.25) is 5.91 Å². The van der Waals surface area contributed by atoms with Crippen LogP contribution in [0.1, 0.15) is 5.56 Å². The van der Waals surface area contributed by atoms with Crippen molar-refractivity contribution in [1.29, 1.82) is 0 Å². The summed E-state index contributed by atoms with van der Waals surface area (Å²) in [5, 5.41) is 16.9. The number of carbonyl (C=O) groups is 1. The zero-order chi connectivity index (χ0) is 22.2. The Labute approximate surface area is 191 Å². The monoisotopic (exact) mass is 466 g/mol. The van der Waals surface area contributed by atoms with Gasteiger partial charge in [0.1, 0.15) is 11.3 Å². The molecule has 5 aromatic rings. The summed E-state index contributed by atoms with van der Waals surface area (Å²) in [6.45, 7) is 1.93. The first kappa shape index (κ1) is 20.5. The smallest absolute Gasteiger partial charge is 0.234 e. The predicted molar refractivity (Wildman–Crippen MR) is 123 cm³/mol. The van der Waals surface area contributed by atoms with Crippen molar-refractivity contribution in [2.45, 2.75) is 12.1 Å². The number of hydrogen-bond acceptors (Lipinski definition) is 5. The lowest BCUT2D eigenvalue weighted by Crippen LogP contribution is -2.14. The first-order valence-corrected chi connectivity index (χ1v) is 11.0. The molecular formula is C22H16ClFN6OS. The minimum atomic E-state index is -0.298. The Hall–Kier alpha value is -3.43. The van der Waals surface area contributed by atoms with Gasteiger partial charge in [-0.2, -0.15) is 5.10 Å². The van der Waals surface area contributed by atoms with Gasteiger partial charge in [0.25, 0.3) is 0 Å². The maximum absolute atomic E-state index is 13.2. The molecule has 0 aliphatic rings. The van der Waals surface area contributed by atoms with Crippen molar-refractivity contribution in [3.05, 3.63) is 77.3 Å². The van der Waals surface area contributed by atoms with E-state index in [1.54, 1.807) is 41.2 Å². The summed E-state index contributed by atoms with van der Waals surface area (Å²) in [7, 11) is 0. The van der Waals surface area contributed by atoms with Gasteiger partial charge in [-0.1, -0.05) is 29.4 Å². The zero-order valence-corrected chi connectivity index (χ0v) is 18.4. The summed E-state index contributed by atoms with van der Waals surface area (Å²) in [6.07, 6.45) is 3.58. The molecule has 0 aliphatic heterocycles. The summed E-state index contributed by atoms with van der Waals surface area (Å²) < 4.78 is 16.7. The van der Waals surface area contributed by atoms with Crippen LogP contribution in [0.15, 0.2) is 66.1 Å². The van der Waals surface area contributed by atoms with E-state index < -0.39 is 0 Å². The molecule has 3 heterocycles. The highest BCUT2D eigenvalue weighted by atomic mass is 35.5. The molecule has 0 radical (unpaired) electrons. The van der Waals surface area contributed by atoms with E-state index in [0.29, 0.717) is 27.2 Å². The Bertz CT molecular complexity index is 1460. The second-order valence-electron chi connectivity index (χ2n) is 7.16. The van der Waals surface area contributed by atoms with Crippen LogP contribution in [0, 0.1) is 12.7 Å². The normalized spacial score (nSPS) is 11.3. The molecule has 3 aromatic heterocycles. The molecule has 0 spiro atoms. The highest BCUT2D eigenvalue weighted by Gasteiger charge is 2.15. The molecule has 0 bridgehead atoms. The van der Waals surface area contributed by atoms with E-state index in [2.05, 4.69) is 20.6 Å². The number of nitrogens with one attached hydrogen (secondary N) is 1. The Balaban J connectivity index is 1.36. The van der Waals surface area contributed by atoms with Crippen molar-refractivity contribution in [3.63, 3.8) is 0 Å². The van der Waals surface area contributed by atoms with Gasteiger partial charge < -0.3 is 5.32 Å². The minimum absolute atomic E-state index is 0.149. The molecule has 0 saturated heterocycles. The Kier molecular flexibility index (Phi) is 5.28. The number of amides is 1. The Morgan fingerprint density at radius 3 is 2.72 bits per heavy atom. The number of benzene rings is 2. The zero-order valence-electron chi connectivity index (χ0n) is 16.8. The fourth-order valence-corrected chi connectivity index (χ4v) is 4.29. The van der Waals surface area contributed by atoms with Crippen LogP contribution in [-0.4, -0.2) is 35.9 Å². The van der Waals surface area contributed by atoms with E-state index in [4.69, 9.17) is 11.6 Å². The SMILES string of the molecule is Cc1ccc(NC(=O)CSc2nnc3c4cc(-c5ccc(F)cc5)nn4ccn23)c(Cl)c1. The highest BCUT2D eigenvalue weighted by molar-refractivity contribution is 7.99. The third-order valence-electron chi connectivity index (χ3n) is 4.86. The number of halogens is 2. The molecule has 0 fully saturated rings. The molecule has 2 aromatic carbocycles. The lowest BCUT2D eigenvalue weighted by molar-refractivity contribution is -0.113. The molecule has 10 heteroatoms. The number of hydrogen-bond donors (Lipinski definition) is 1. The molecule has 5 rings (SSSR count). The van der Waals surface area contributed by atoms with E-state index in [9.17, 15) is 9.18 Å². The Morgan fingerprint density at radius 2 is 1.94 bits per heavy atom. The average molecular weight is 467 g/mol. The minimum Gasteiger partial charge on any atom is -0.324 e. The number of thioether (sulfide) groups is 1. The molecule has 7 nitrogen and oxygen atoms in total. The van der Waals surface area contributed by atoms with Crippen LogP contribution < -0.4 is 5.32 Å². The van der Waals surface area contributed by atoms with E-state index in [-0.39, 0.29) is 17.5 Å². The number of aryl methyl sites for hydroxylation is 1.